The van der Waals surface area contributed by atoms with Crippen molar-refractivity contribution < 1.29 is 14.3 Å². The number of aromatic nitrogens is 1. The number of thiazole rings is 1. The zero-order chi connectivity index (χ0) is 17.0. The zero-order valence-electron chi connectivity index (χ0n) is 13.9. The van der Waals surface area contributed by atoms with Crippen LogP contribution >= 0.6 is 11.3 Å². The monoisotopic (exact) mass is 332 g/mol. The van der Waals surface area contributed by atoms with Crippen molar-refractivity contribution in [2.45, 2.75) is 6.92 Å². The molecule has 1 heterocycles. The lowest BCUT2D eigenvalue weighted by Crippen LogP contribution is -2.02. The van der Waals surface area contributed by atoms with Gasteiger partial charge in [0.2, 0.25) is 0 Å². The number of ether oxygens (including phenoxy) is 2. The molecule has 0 saturated carbocycles. The van der Waals surface area contributed by atoms with Crippen LogP contribution in [0, 0.1) is 6.92 Å². The molecule has 0 amide bonds. The van der Waals surface area contributed by atoms with Crippen LogP contribution in [0.15, 0.2) is 30.5 Å². The van der Waals surface area contributed by atoms with Crippen molar-refractivity contribution in [1.82, 2.24) is 9.88 Å². The summed E-state index contributed by atoms with van der Waals surface area (Å²) in [5.41, 5.74) is 1.62. The molecule has 2 aromatic rings. The maximum absolute atomic E-state index is 12.3. The third-order valence-corrected chi connectivity index (χ3v) is 4.40. The lowest BCUT2D eigenvalue weighted by Gasteiger charge is -2.08. The second-order valence-corrected chi connectivity index (χ2v) is 6.15. The normalized spacial score (nSPS) is 10.8. The Labute approximate surface area is 140 Å². The molecule has 0 radical (unpaired) electrons. The molecule has 1 aromatic heterocycles. The Balaban J connectivity index is 2.36. The average molecular weight is 332 g/mol. The van der Waals surface area contributed by atoms with Gasteiger partial charge in [0.15, 0.2) is 17.3 Å². The van der Waals surface area contributed by atoms with E-state index in [0.29, 0.717) is 16.4 Å². The fraction of sp³-hybridized carbons (Fsp3) is 0.294. The molecular formula is C17H20N2O3S. The Bertz CT molecular complexity index is 735. The molecule has 6 heteroatoms. The van der Waals surface area contributed by atoms with Gasteiger partial charge >= 0.3 is 0 Å². The van der Waals surface area contributed by atoms with Gasteiger partial charge in [0.05, 0.1) is 24.8 Å². The predicted molar refractivity (Wildman–Crippen MR) is 92.5 cm³/mol. The van der Waals surface area contributed by atoms with Crippen LogP contribution in [0.25, 0.3) is 10.6 Å². The minimum atomic E-state index is -0.0413. The number of ketones is 1. The van der Waals surface area contributed by atoms with Crippen LogP contribution in [0.4, 0.5) is 0 Å². The molecule has 23 heavy (non-hydrogen) atoms. The van der Waals surface area contributed by atoms with Crippen LogP contribution in [0.1, 0.15) is 15.4 Å². The highest BCUT2D eigenvalue weighted by atomic mass is 32.1. The second-order valence-electron chi connectivity index (χ2n) is 5.15. The van der Waals surface area contributed by atoms with Gasteiger partial charge in [-0.05, 0) is 25.1 Å². The molecule has 0 atom stereocenters. The van der Waals surface area contributed by atoms with Crippen molar-refractivity contribution in [2.75, 3.05) is 28.3 Å². The van der Waals surface area contributed by atoms with E-state index in [0.717, 1.165) is 16.3 Å². The maximum Gasteiger partial charge on any atom is 0.199 e. The third-order valence-electron chi connectivity index (χ3n) is 3.17. The van der Waals surface area contributed by atoms with Gasteiger partial charge in [0.1, 0.15) is 5.01 Å². The first-order valence-corrected chi connectivity index (χ1v) is 7.86. The number of carbonyl (C=O) groups excluding carboxylic acids is 1. The number of carbonyl (C=O) groups is 1. The molecule has 2 rings (SSSR count). The summed E-state index contributed by atoms with van der Waals surface area (Å²) in [6.07, 6.45) is 3.29. The number of allylic oxidation sites excluding steroid dienone is 1. The number of hydrogen-bond acceptors (Lipinski definition) is 6. The molecule has 0 fully saturated rings. The summed E-state index contributed by atoms with van der Waals surface area (Å²) in [6, 6.07) is 5.60. The Hall–Kier alpha value is -2.34. The zero-order valence-corrected chi connectivity index (χ0v) is 14.7. The van der Waals surface area contributed by atoms with Crippen molar-refractivity contribution in [3.8, 4) is 22.1 Å². The van der Waals surface area contributed by atoms with Crippen molar-refractivity contribution in [1.29, 1.82) is 0 Å². The number of aryl methyl sites for hydroxylation is 1. The van der Waals surface area contributed by atoms with Gasteiger partial charge in [-0.25, -0.2) is 4.98 Å². The first-order chi connectivity index (χ1) is 11.0. The Kier molecular flexibility index (Phi) is 5.39. The van der Waals surface area contributed by atoms with E-state index in [4.69, 9.17) is 9.47 Å². The molecule has 122 valence electrons. The standard InChI is InChI=1S/C17H20N2O3S/c1-11-16(13(20)8-9-19(2)3)23-17(18-11)12-6-7-14(21-4)15(10-12)22-5/h6-10H,1-5H3/b9-8+. The van der Waals surface area contributed by atoms with Crippen molar-refractivity contribution in [2.24, 2.45) is 0 Å². The summed E-state index contributed by atoms with van der Waals surface area (Å²) in [7, 11) is 6.94. The van der Waals surface area contributed by atoms with E-state index in [2.05, 4.69) is 4.98 Å². The summed E-state index contributed by atoms with van der Waals surface area (Å²) in [6.45, 7) is 1.84. The van der Waals surface area contributed by atoms with Crippen LogP contribution in [0.2, 0.25) is 0 Å². The van der Waals surface area contributed by atoms with Gasteiger partial charge in [-0.3, -0.25) is 4.79 Å². The fourth-order valence-corrected chi connectivity index (χ4v) is 2.99. The lowest BCUT2D eigenvalue weighted by atomic mass is 10.2. The molecule has 0 aliphatic rings. The fourth-order valence-electron chi connectivity index (χ4n) is 2.01. The topological polar surface area (TPSA) is 51.7 Å². The molecule has 0 spiro atoms. The van der Waals surface area contributed by atoms with Crippen LogP contribution in [0.5, 0.6) is 11.5 Å². The van der Waals surface area contributed by atoms with Gasteiger partial charge in [-0.2, -0.15) is 0 Å². The lowest BCUT2D eigenvalue weighted by molar-refractivity contribution is 0.104. The Morgan fingerprint density at radius 1 is 1.22 bits per heavy atom. The second kappa shape index (κ2) is 7.28. The number of rotatable bonds is 6. The van der Waals surface area contributed by atoms with E-state index < -0.39 is 0 Å². The van der Waals surface area contributed by atoms with Crippen molar-refractivity contribution >= 4 is 17.1 Å². The summed E-state index contributed by atoms with van der Waals surface area (Å²) in [5, 5.41) is 0.782. The minimum absolute atomic E-state index is 0.0413. The predicted octanol–water partition coefficient (Wildman–Crippen LogP) is 3.39. The molecular weight excluding hydrogens is 312 g/mol. The SMILES string of the molecule is COc1ccc(-c2nc(C)c(C(=O)/C=C/N(C)C)s2)cc1OC. The Morgan fingerprint density at radius 3 is 2.52 bits per heavy atom. The molecule has 0 saturated heterocycles. The van der Waals surface area contributed by atoms with Gasteiger partial charge in [0.25, 0.3) is 0 Å². The van der Waals surface area contributed by atoms with E-state index in [9.17, 15) is 4.79 Å². The van der Waals surface area contributed by atoms with Gasteiger partial charge < -0.3 is 14.4 Å². The largest absolute Gasteiger partial charge is 0.493 e. The van der Waals surface area contributed by atoms with Crippen LogP contribution in [-0.4, -0.2) is 44.0 Å². The van der Waals surface area contributed by atoms with E-state index in [1.165, 1.54) is 11.3 Å². The Morgan fingerprint density at radius 2 is 1.91 bits per heavy atom. The van der Waals surface area contributed by atoms with E-state index in [1.54, 1.807) is 26.5 Å². The molecule has 0 bridgehead atoms. The molecule has 0 aliphatic carbocycles. The minimum Gasteiger partial charge on any atom is -0.493 e. The first kappa shape index (κ1) is 17.0. The van der Waals surface area contributed by atoms with E-state index in [-0.39, 0.29) is 5.78 Å². The van der Waals surface area contributed by atoms with Gasteiger partial charge in [-0.15, -0.1) is 11.3 Å². The third kappa shape index (κ3) is 3.90. The molecule has 0 unspecified atom stereocenters. The highest BCUT2D eigenvalue weighted by Crippen LogP contribution is 2.35. The maximum atomic E-state index is 12.3. The van der Waals surface area contributed by atoms with Gasteiger partial charge in [0, 0.05) is 31.9 Å². The van der Waals surface area contributed by atoms with E-state index in [1.807, 2.05) is 44.1 Å². The molecule has 0 aliphatic heterocycles. The summed E-state index contributed by atoms with van der Waals surface area (Å²) >= 11 is 1.38. The van der Waals surface area contributed by atoms with Crippen molar-refractivity contribution in [3.63, 3.8) is 0 Å². The molecule has 1 aromatic carbocycles. The highest BCUT2D eigenvalue weighted by Gasteiger charge is 2.15. The van der Waals surface area contributed by atoms with Crippen LogP contribution < -0.4 is 9.47 Å². The summed E-state index contributed by atoms with van der Waals surface area (Å²) < 4.78 is 10.6. The van der Waals surface area contributed by atoms with Crippen molar-refractivity contribution in [3.05, 3.63) is 41.0 Å². The molecule has 0 N–H and O–H groups in total. The molecule has 5 nitrogen and oxygen atoms in total. The summed E-state index contributed by atoms with van der Waals surface area (Å²) in [5.74, 6) is 1.26. The highest BCUT2D eigenvalue weighted by molar-refractivity contribution is 7.17. The summed E-state index contributed by atoms with van der Waals surface area (Å²) in [4.78, 5) is 19.2. The van der Waals surface area contributed by atoms with Crippen LogP contribution in [-0.2, 0) is 0 Å². The first-order valence-electron chi connectivity index (χ1n) is 7.05. The van der Waals surface area contributed by atoms with Gasteiger partial charge in [-0.1, -0.05) is 0 Å². The quantitative estimate of drug-likeness (QED) is 0.599. The average Bonchev–Trinajstić information content (AvgIpc) is 2.93. The number of nitrogens with zero attached hydrogens (tertiary/aromatic N) is 2. The number of methoxy groups -OCH3 is 2. The van der Waals surface area contributed by atoms with E-state index >= 15 is 0 Å². The smallest absolute Gasteiger partial charge is 0.199 e. The van der Waals surface area contributed by atoms with Crippen LogP contribution in [0.3, 0.4) is 0 Å². The number of hydrogen-bond donors (Lipinski definition) is 0. The number of benzene rings is 1.